The van der Waals surface area contributed by atoms with E-state index in [1.807, 2.05) is 12.1 Å². The van der Waals surface area contributed by atoms with Gasteiger partial charge in [0, 0.05) is 0 Å². The summed E-state index contributed by atoms with van der Waals surface area (Å²) >= 11 is 4.54. The van der Waals surface area contributed by atoms with Gasteiger partial charge in [0.05, 0.1) is 0 Å². The molecule has 0 fully saturated rings. The number of benzene rings is 4. The molecule has 4 aromatic rings. The largest absolute Gasteiger partial charge is 1.00 e. The van der Waals surface area contributed by atoms with Crippen molar-refractivity contribution in [3.63, 3.8) is 0 Å². The quantitative estimate of drug-likeness (QED) is 0.121. The summed E-state index contributed by atoms with van der Waals surface area (Å²) in [5.74, 6) is 0. The maximum Gasteiger partial charge on any atom is -0.0253 e. The van der Waals surface area contributed by atoms with Crippen molar-refractivity contribution >= 4 is 12.4 Å². The molecule has 0 spiro atoms. The van der Waals surface area contributed by atoms with Crippen LogP contribution in [0.3, 0.4) is 0 Å². The van der Waals surface area contributed by atoms with Crippen LogP contribution in [-0.4, -0.2) is 12.4 Å². The maximum atomic E-state index is 3.30. The Hall–Kier alpha value is -1.72. The minimum atomic E-state index is 0. The summed E-state index contributed by atoms with van der Waals surface area (Å²) in [5.41, 5.74) is 13.8. The van der Waals surface area contributed by atoms with Gasteiger partial charge < -0.3 is 24.8 Å². The summed E-state index contributed by atoms with van der Waals surface area (Å²) in [6.45, 7) is 13.5. The van der Waals surface area contributed by atoms with E-state index >= 15 is 0 Å². The molecule has 0 nitrogen and oxygen atoms in total. The van der Waals surface area contributed by atoms with Crippen LogP contribution in [0, 0.1) is 24.3 Å². The molecule has 0 saturated heterocycles. The first-order valence-corrected chi connectivity index (χ1v) is 28.6. The molecule has 0 atom stereocenters. The Bertz CT molecular complexity index is 1620. The van der Waals surface area contributed by atoms with Crippen LogP contribution in [0.5, 0.6) is 0 Å². The minimum Gasteiger partial charge on any atom is -1.00 e. The first-order chi connectivity index (χ1) is 25.2. The summed E-state index contributed by atoms with van der Waals surface area (Å²) in [6, 6.07) is 36.2. The average Bonchev–Trinajstić information content (AvgIpc) is 3.97. The molecule has 0 unspecified atom stereocenters. The molecule has 0 saturated carbocycles. The zero-order valence-corrected chi connectivity index (χ0v) is 39.9. The topological polar surface area (TPSA) is 0 Å². The van der Waals surface area contributed by atoms with Crippen LogP contribution in [0.25, 0.3) is 22.3 Å². The summed E-state index contributed by atoms with van der Waals surface area (Å²) < 4.78 is 0. The molecule has 0 bridgehead atoms. The first-order valence-electron chi connectivity index (χ1n) is 18.9. The van der Waals surface area contributed by atoms with Gasteiger partial charge in [-0.2, -0.15) is 71.8 Å². The Morgan fingerprint density at radius 2 is 0.889 bits per heavy atom. The van der Waals surface area contributed by atoms with Crippen molar-refractivity contribution in [3.8, 4) is 22.3 Å². The van der Waals surface area contributed by atoms with Crippen LogP contribution in [0.2, 0.25) is 26.2 Å². The number of halogens is 2. The van der Waals surface area contributed by atoms with Gasteiger partial charge in [-0.25, -0.2) is 23.3 Å². The Morgan fingerprint density at radius 3 is 1.22 bits per heavy atom. The predicted molar refractivity (Wildman–Crippen MR) is 222 cm³/mol. The van der Waals surface area contributed by atoms with Crippen molar-refractivity contribution < 1.29 is 63.2 Å². The molecule has 0 radical (unpaired) electrons. The molecule has 280 valence electrons. The first kappa shape index (κ1) is 50.3. The van der Waals surface area contributed by atoms with E-state index in [0.717, 1.165) is 25.7 Å². The molecule has 4 aliphatic rings. The number of unbranched alkanes of at least 4 members (excludes halogenated alkanes) is 2. The Labute approximate surface area is 365 Å². The van der Waals surface area contributed by atoms with Crippen molar-refractivity contribution in [3.05, 3.63) is 167 Å². The third-order valence-corrected chi connectivity index (χ3v) is 8.36. The van der Waals surface area contributed by atoms with E-state index in [0.29, 0.717) is 0 Å². The number of hydrogen-bond acceptors (Lipinski definition) is 0. The summed E-state index contributed by atoms with van der Waals surface area (Å²) in [4.78, 5) is 0. The van der Waals surface area contributed by atoms with Gasteiger partial charge in [-0.05, 0) is 12.8 Å². The molecule has 0 aromatic heterocycles. The Morgan fingerprint density at radius 1 is 0.537 bits per heavy atom. The second kappa shape index (κ2) is 29.5. The van der Waals surface area contributed by atoms with E-state index < -0.39 is 0 Å². The zero-order chi connectivity index (χ0) is 37.6. The van der Waals surface area contributed by atoms with Gasteiger partial charge in [0.1, 0.15) is 0 Å². The van der Waals surface area contributed by atoms with Crippen molar-refractivity contribution in [1.29, 1.82) is 0 Å². The summed E-state index contributed by atoms with van der Waals surface area (Å²) in [5, 5.41) is 0. The second-order valence-electron chi connectivity index (χ2n) is 13.6. The van der Waals surface area contributed by atoms with Gasteiger partial charge in [0.25, 0.3) is 0 Å². The minimum absolute atomic E-state index is 0. The summed E-state index contributed by atoms with van der Waals surface area (Å²) in [7, 11) is 0. The van der Waals surface area contributed by atoms with Gasteiger partial charge in [-0.1, -0.05) is 123 Å². The fourth-order valence-corrected chi connectivity index (χ4v) is 5.97. The third kappa shape index (κ3) is 18.9. The van der Waals surface area contributed by atoms with Crippen LogP contribution in [0.4, 0.5) is 0 Å². The number of fused-ring (bicyclic) bond motifs is 6. The van der Waals surface area contributed by atoms with Crippen LogP contribution >= 0.6 is 0 Å². The number of allylic oxidation sites excluding steroid dienone is 8. The molecule has 6 heteroatoms. The average molecular weight is 856 g/mol. The van der Waals surface area contributed by atoms with Crippen molar-refractivity contribution in [2.45, 2.75) is 104 Å². The van der Waals surface area contributed by atoms with Crippen LogP contribution < -0.4 is 24.8 Å². The fourth-order valence-electron chi connectivity index (χ4n) is 5.97. The normalized spacial score (nSPS) is 12.4. The van der Waals surface area contributed by atoms with E-state index in [-0.39, 0.29) is 37.2 Å². The Balaban J connectivity index is 0.000000338. The predicted octanol–water partition coefficient (Wildman–Crippen LogP) is 7.42. The molecule has 54 heavy (non-hydrogen) atoms. The zero-order valence-electron chi connectivity index (χ0n) is 33.2. The van der Waals surface area contributed by atoms with E-state index in [9.17, 15) is 0 Å². The van der Waals surface area contributed by atoms with Gasteiger partial charge in [-0.3, -0.25) is 12.2 Å². The van der Waals surface area contributed by atoms with Crippen molar-refractivity contribution in [2.24, 2.45) is 0 Å². The Kier molecular flexibility index (Phi) is 27.5. The van der Waals surface area contributed by atoms with Gasteiger partial charge in [0.2, 0.25) is 0 Å². The van der Waals surface area contributed by atoms with E-state index in [2.05, 4.69) is 200 Å². The van der Waals surface area contributed by atoms with Crippen LogP contribution in [0.15, 0.2) is 120 Å². The molecular weight excluding hydrogens is 799 g/mol. The molecule has 8 rings (SSSR count). The monoisotopic (exact) mass is 854 g/mol. The molecule has 4 aliphatic carbocycles. The van der Waals surface area contributed by atoms with Gasteiger partial charge in [0.15, 0.2) is 0 Å². The number of rotatable bonds is 6. The van der Waals surface area contributed by atoms with Crippen molar-refractivity contribution in [1.82, 2.24) is 0 Å². The molecule has 0 aliphatic heterocycles. The SMILES string of the molecule is CCCCC1=[C-]CC=C1.CCCCC1=[C-]CC=C1.C[Si](C)=[Ti+2].C[Si](C)=[Ti+2].[Cl-].[Cl-].[c-]1cccc2c1Cc1ccccc1-2.[c-]1cccc2c1Cc1ccccc1-2. The van der Waals surface area contributed by atoms with Crippen LogP contribution in [0.1, 0.15) is 87.5 Å². The van der Waals surface area contributed by atoms with Crippen molar-refractivity contribution in [2.75, 3.05) is 0 Å². The van der Waals surface area contributed by atoms with Gasteiger partial charge >= 0.3 is 76.9 Å². The molecule has 0 amide bonds. The van der Waals surface area contributed by atoms with Gasteiger partial charge in [-0.15, -0.1) is 24.0 Å². The van der Waals surface area contributed by atoms with E-state index in [1.165, 1.54) is 94.2 Å². The summed E-state index contributed by atoms with van der Waals surface area (Å²) in [6.07, 6.45) is 27.4. The third-order valence-electron chi connectivity index (χ3n) is 8.36. The molecule has 0 N–H and O–H groups in total. The van der Waals surface area contributed by atoms with E-state index in [1.54, 1.807) is 0 Å². The maximum absolute atomic E-state index is 3.30. The second-order valence-corrected chi connectivity index (χ2v) is 27.0. The standard InChI is InChI=1S/2C13H9.2C9H13.2C2H6Si.2ClH.2Ti/c2*1-3-7-12-10(5-1)9-11-6-2-4-8-13(11)12;2*1-2-3-6-9-7-4-5-8-9;2*1-3-2;;;;/h2*1-5,7-8H,9H2;2*4,7H,2-3,5-6H2,1H3;2*1-2H3;2*1H;;/q4*-1;;;;;2*+2/p-2. The number of hydrogen-bond donors (Lipinski definition) is 0. The molecule has 4 aromatic carbocycles. The van der Waals surface area contributed by atoms with E-state index in [4.69, 9.17) is 0 Å². The smallest absolute Gasteiger partial charge is 0.0253 e. The molecule has 0 heterocycles. The fraction of sp³-hybridized carbons (Fsp3) is 0.333. The molecular formula is C48H56Cl2Si2Ti2-2. The van der Waals surface area contributed by atoms with Crippen LogP contribution in [-0.2, 0) is 51.2 Å².